The molecule has 0 radical (unpaired) electrons. The summed E-state index contributed by atoms with van der Waals surface area (Å²) in [5.74, 6) is 0.0491. The molecule has 5 rings (SSSR count). The number of halogens is 1. The smallest absolute Gasteiger partial charge is 0.213 e. The Balaban J connectivity index is 1.61. The molecule has 1 N–H and O–H groups in total. The molecule has 1 fully saturated rings. The maximum absolute atomic E-state index is 14.0. The number of ether oxygens (including phenoxy) is 1. The van der Waals surface area contributed by atoms with Crippen LogP contribution in [0.25, 0.3) is 11.0 Å². The van der Waals surface area contributed by atoms with Crippen molar-refractivity contribution in [1.29, 1.82) is 0 Å². The molecule has 0 bridgehead atoms. The minimum atomic E-state index is -1.14. The van der Waals surface area contributed by atoms with Gasteiger partial charge in [-0.3, -0.25) is 4.90 Å². The third-order valence-electron chi connectivity index (χ3n) is 6.39. The molecule has 3 aromatic rings. The minimum absolute atomic E-state index is 0.296. The highest BCUT2D eigenvalue weighted by Crippen LogP contribution is 2.43. The van der Waals surface area contributed by atoms with Gasteiger partial charge in [-0.1, -0.05) is 0 Å². The lowest BCUT2D eigenvalue weighted by Crippen LogP contribution is -2.33. The van der Waals surface area contributed by atoms with Crippen LogP contribution >= 0.6 is 0 Å². The summed E-state index contributed by atoms with van der Waals surface area (Å²) in [7, 11) is 1.57. The Morgan fingerprint density at radius 3 is 2.90 bits per heavy atom. The molecule has 2 aliphatic rings. The van der Waals surface area contributed by atoms with Gasteiger partial charge < -0.3 is 14.4 Å². The lowest BCUT2D eigenvalue weighted by atomic mass is 9.96. The minimum Gasteiger partial charge on any atom is -0.481 e. The molecule has 0 aromatic carbocycles. The van der Waals surface area contributed by atoms with E-state index in [9.17, 15) is 9.50 Å². The summed E-state index contributed by atoms with van der Waals surface area (Å²) >= 11 is 0. The van der Waals surface area contributed by atoms with Crippen LogP contribution in [0.1, 0.15) is 42.6 Å². The van der Waals surface area contributed by atoms with Crippen LogP contribution in [0, 0.1) is 5.95 Å². The highest BCUT2D eigenvalue weighted by Gasteiger charge is 2.37. The predicted octanol–water partition coefficient (Wildman–Crippen LogP) is 3.18. The van der Waals surface area contributed by atoms with E-state index in [1.807, 2.05) is 6.07 Å². The second-order valence-electron chi connectivity index (χ2n) is 8.26. The summed E-state index contributed by atoms with van der Waals surface area (Å²) in [6, 6.07) is 7.07. The number of aliphatic hydroxyl groups is 1. The third kappa shape index (κ3) is 3.00. The fraction of sp³-hybridized carbons (Fsp3) is 0.455. The van der Waals surface area contributed by atoms with Gasteiger partial charge in [0.05, 0.1) is 24.7 Å². The average Bonchev–Trinajstić information content (AvgIpc) is 3.30. The van der Waals surface area contributed by atoms with Crippen LogP contribution in [0.5, 0.6) is 5.88 Å². The van der Waals surface area contributed by atoms with Gasteiger partial charge in [0.25, 0.3) is 0 Å². The molecule has 5 heterocycles. The van der Waals surface area contributed by atoms with E-state index < -0.39 is 11.5 Å². The number of methoxy groups -OCH3 is 1. The summed E-state index contributed by atoms with van der Waals surface area (Å²) in [5, 5.41) is 11.3. The van der Waals surface area contributed by atoms with E-state index in [0.29, 0.717) is 24.0 Å². The van der Waals surface area contributed by atoms with Crippen LogP contribution in [0.4, 0.5) is 4.39 Å². The first kappa shape index (κ1) is 18.5. The Kier molecular flexibility index (Phi) is 4.33. The van der Waals surface area contributed by atoms with E-state index in [-0.39, 0.29) is 0 Å². The van der Waals surface area contributed by atoms with Gasteiger partial charge in [0.2, 0.25) is 11.8 Å². The van der Waals surface area contributed by atoms with Gasteiger partial charge in [-0.15, -0.1) is 0 Å². The van der Waals surface area contributed by atoms with E-state index >= 15 is 0 Å². The number of rotatable bonds is 4. The molecule has 0 saturated carbocycles. The van der Waals surface area contributed by atoms with Crippen molar-refractivity contribution >= 4 is 11.0 Å². The zero-order valence-electron chi connectivity index (χ0n) is 16.7. The maximum atomic E-state index is 14.0. The van der Waals surface area contributed by atoms with E-state index in [4.69, 9.17) is 4.74 Å². The van der Waals surface area contributed by atoms with Crippen LogP contribution in [0.15, 0.2) is 30.5 Å². The molecule has 6 nitrogen and oxygen atoms in total. The first-order valence-electron chi connectivity index (χ1n) is 10.1. The van der Waals surface area contributed by atoms with E-state index in [0.717, 1.165) is 48.9 Å². The van der Waals surface area contributed by atoms with Crippen LogP contribution in [0.2, 0.25) is 0 Å². The van der Waals surface area contributed by atoms with E-state index in [1.165, 1.54) is 11.8 Å². The lowest BCUT2D eigenvalue weighted by molar-refractivity contribution is 0.0379. The lowest BCUT2D eigenvalue weighted by Gasteiger charge is -2.32. The number of pyridine rings is 2. The highest BCUT2D eigenvalue weighted by atomic mass is 19.1. The van der Waals surface area contributed by atoms with Crippen molar-refractivity contribution in [3.05, 3.63) is 53.2 Å². The van der Waals surface area contributed by atoms with Crippen molar-refractivity contribution in [3.8, 4) is 5.88 Å². The second kappa shape index (κ2) is 6.78. The van der Waals surface area contributed by atoms with Crippen molar-refractivity contribution < 1.29 is 14.2 Å². The first-order valence-corrected chi connectivity index (χ1v) is 10.1. The quantitative estimate of drug-likeness (QED) is 0.687. The Hall–Kier alpha value is -2.51. The molecule has 0 aliphatic carbocycles. The summed E-state index contributed by atoms with van der Waals surface area (Å²) < 4.78 is 21.3. The van der Waals surface area contributed by atoms with Crippen molar-refractivity contribution in [2.75, 3.05) is 20.2 Å². The Bertz CT molecular complexity index is 1060. The van der Waals surface area contributed by atoms with Gasteiger partial charge in [-0.25, -0.2) is 9.97 Å². The normalized spacial score (nSPS) is 21.0. The predicted molar refractivity (Wildman–Crippen MR) is 107 cm³/mol. The summed E-state index contributed by atoms with van der Waals surface area (Å²) in [6.07, 6.45) is 4.75. The Morgan fingerprint density at radius 1 is 1.28 bits per heavy atom. The number of hydrogen-bond acceptors (Lipinski definition) is 5. The van der Waals surface area contributed by atoms with Gasteiger partial charge in [0.1, 0.15) is 5.60 Å². The molecule has 0 amide bonds. The number of aromatic nitrogens is 3. The van der Waals surface area contributed by atoms with Gasteiger partial charge in [-0.2, -0.15) is 4.39 Å². The topological polar surface area (TPSA) is 63.4 Å². The molecule has 1 saturated heterocycles. The summed E-state index contributed by atoms with van der Waals surface area (Å²) in [5.41, 5.74) is 3.50. The zero-order chi connectivity index (χ0) is 20.2. The van der Waals surface area contributed by atoms with Crippen LogP contribution in [-0.4, -0.2) is 44.7 Å². The molecule has 2 unspecified atom stereocenters. The molecule has 0 spiro atoms. The van der Waals surface area contributed by atoms with Crippen LogP contribution in [-0.2, 0) is 18.6 Å². The molecular weight excluding hydrogens is 371 g/mol. The first-order chi connectivity index (χ1) is 14.0. The maximum Gasteiger partial charge on any atom is 0.213 e. The van der Waals surface area contributed by atoms with Gasteiger partial charge in [0.15, 0.2) is 0 Å². The van der Waals surface area contributed by atoms with Gasteiger partial charge in [-0.05, 0) is 44.5 Å². The van der Waals surface area contributed by atoms with E-state index in [2.05, 4.69) is 19.4 Å². The Labute approximate surface area is 168 Å². The average molecular weight is 396 g/mol. The number of nitrogens with zero attached hydrogens (tertiary/aromatic N) is 4. The fourth-order valence-corrected chi connectivity index (χ4v) is 4.96. The van der Waals surface area contributed by atoms with Gasteiger partial charge in [0, 0.05) is 48.1 Å². The molecule has 2 atom stereocenters. The second-order valence-corrected chi connectivity index (χ2v) is 8.26. The number of fused-ring (bicyclic) bond motifs is 5. The zero-order valence-corrected chi connectivity index (χ0v) is 16.7. The SMILES string of the molecule is COc1ccc(C(C)(O)Cn2c3c(c4nc(F)ccc42)C2CCCN2CC3)cn1. The van der Waals surface area contributed by atoms with Crippen molar-refractivity contribution in [2.24, 2.45) is 0 Å². The van der Waals surface area contributed by atoms with Gasteiger partial charge >= 0.3 is 0 Å². The van der Waals surface area contributed by atoms with Crippen LogP contribution < -0.4 is 4.74 Å². The van der Waals surface area contributed by atoms with E-state index in [1.54, 1.807) is 32.4 Å². The largest absolute Gasteiger partial charge is 0.481 e. The standard InChI is InChI=1S/C22H25FN4O2/c1-22(28,14-5-8-19(29-2)24-12-14)13-27-16-9-11-26-10-3-4-15(26)20(16)21-17(27)6-7-18(23)25-21/h5-8,12,15,28H,3-4,9-11,13H2,1-2H3. The monoisotopic (exact) mass is 396 g/mol. The fourth-order valence-electron chi connectivity index (χ4n) is 4.96. The molecule has 3 aromatic heterocycles. The third-order valence-corrected chi connectivity index (χ3v) is 6.39. The summed E-state index contributed by atoms with van der Waals surface area (Å²) in [4.78, 5) is 11.0. The van der Waals surface area contributed by atoms with Crippen molar-refractivity contribution in [2.45, 2.75) is 44.4 Å². The molecule has 152 valence electrons. The molecular formula is C22H25FN4O2. The molecule has 2 aliphatic heterocycles. The molecule has 7 heteroatoms. The van der Waals surface area contributed by atoms with Crippen LogP contribution in [0.3, 0.4) is 0 Å². The number of hydrogen-bond donors (Lipinski definition) is 1. The van der Waals surface area contributed by atoms with Crippen molar-refractivity contribution in [1.82, 2.24) is 19.4 Å². The molecule has 29 heavy (non-hydrogen) atoms. The highest BCUT2D eigenvalue weighted by molar-refractivity contribution is 5.82. The summed E-state index contributed by atoms with van der Waals surface area (Å²) in [6.45, 7) is 4.22. The van der Waals surface area contributed by atoms with Crippen molar-refractivity contribution in [3.63, 3.8) is 0 Å². The Morgan fingerprint density at radius 2 is 2.14 bits per heavy atom.